The lowest BCUT2D eigenvalue weighted by Gasteiger charge is -2.27. The van der Waals surface area contributed by atoms with Crippen LogP contribution >= 0.6 is 0 Å². The highest BCUT2D eigenvalue weighted by atomic mass is 16.5. The maximum atomic E-state index is 11.5. The van der Waals surface area contributed by atoms with Crippen LogP contribution < -0.4 is 10.6 Å². The van der Waals surface area contributed by atoms with Crippen molar-refractivity contribution in [1.29, 1.82) is 0 Å². The van der Waals surface area contributed by atoms with Crippen LogP contribution in [0.4, 0.5) is 4.79 Å². The molecule has 0 unspecified atom stereocenters. The number of nitrogens with one attached hydrogen (secondary N) is 2. The predicted octanol–water partition coefficient (Wildman–Crippen LogP) is 0.883. The second-order valence-corrected chi connectivity index (χ2v) is 4.76. The SMILES string of the molecule is O=C(NCc1ccccc1)OC[C@H]1CNCC[C@H]1O. The Hall–Kier alpha value is -1.59. The molecule has 104 valence electrons. The maximum absolute atomic E-state index is 11.5. The van der Waals surface area contributed by atoms with Crippen molar-refractivity contribution in [2.75, 3.05) is 19.7 Å². The molecule has 19 heavy (non-hydrogen) atoms. The van der Waals surface area contributed by atoms with E-state index in [4.69, 9.17) is 4.74 Å². The zero-order valence-corrected chi connectivity index (χ0v) is 10.8. The third-order valence-corrected chi connectivity index (χ3v) is 3.28. The molecule has 0 bridgehead atoms. The van der Waals surface area contributed by atoms with E-state index in [0.717, 1.165) is 12.1 Å². The molecule has 1 aliphatic heterocycles. The molecule has 0 aliphatic carbocycles. The molecule has 0 aromatic heterocycles. The van der Waals surface area contributed by atoms with Gasteiger partial charge in [0.25, 0.3) is 0 Å². The first-order valence-corrected chi connectivity index (χ1v) is 6.59. The maximum Gasteiger partial charge on any atom is 0.407 e. The molecule has 1 heterocycles. The quantitative estimate of drug-likeness (QED) is 0.755. The number of amides is 1. The number of hydrogen-bond acceptors (Lipinski definition) is 4. The van der Waals surface area contributed by atoms with Crippen molar-refractivity contribution in [1.82, 2.24) is 10.6 Å². The van der Waals surface area contributed by atoms with Gasteiger partial charge in [-0.1, -0.05) is 30.3 Å². The van der Waals surface area contributed by atoms with Crippen LogP contribution in [-0.2, 0) is 11.3 Å². The molecule has 5 nitrogen and oxygen atoms in total. The molecule has 1 fully saturated rings. The normalized spacial score (nSPS) is 22.8. The van der Waals surface area contributed by atoms with E-state index in [2.05, 4.69) is 10.6 Å². The van der Waals surface area contributed by atoms with Gasteiger partial charge in [0.2, 0.25) is 0 Å². The van der Waals surface area contributed by atoms with Crippen LogP contribution in [0.2, 0.25) is 0 Å². The Bertz CT molecular complexity index is 397. The molecule has 0 spiro atoms. The van der Waals surface area contributed by atoms with Crippen molar-refractivity contribution in [2.24, 2.45) is 5.92 Å². The van der Waals surface area contributed by atoms with Gasteiger partial charge in [0, 0.05) is 19.0 Å². The first-order chi connectivity index (χ1) is 9.25. The molecule has 0 saturated carbocycles. The van der Waals surface area contributed by atoms with Gasteiger partial charge in [-0.2, -0.15) is 0 Å². The second-order valence-electron chi connectivity index (χ2n) is 4.76. The Morgan fingerprint density at radius 3 is 2.95 bits per heavy atom. The first-order valence-electron chi connectivity index (χ1n) is 6.59. The van der Waals surface area contributed by atoms with Crippen LogP contribution in [0.5, 0.6) is 0 Å². The van der Waals surface area contributed by atoms with Crippen LogP contribution in [0.3, 0.4) is 0 Å². The predicted molar refractivity (Wildman–Crippen MR) is 71.6 cm³/mol. The van der Waals surface area contributed by atoms with Crippen LogP contribution in [0, 0.1) is 5.92 Å². The van der Waals surface area contributed by atoms with Gasteiger partial charge in [-0.3, -0.25) is 0 Å². The Balaban J connectivity index is 1.67. The Morgan fingerprint density at radius 1 is 1.42 bits per heavy atom. The van der Waals surface area contributed by atoms with Crippen molar-refractivity contribution in [2.45, 2.75) is 19.1 Å². The zero-order chi connectivity index (χ0) is 13.5. The van der Waals surface area contributed by atoms with Gasteiger partial charge < -0.3 is 20.5 Å². The fourth-order valence-corrected chi connectivity index (χ4v) is 2.08. The molecule has 3 N–H and O–H groups in total. The third-order valence-electron chi connectivity index (χ3n) is 3.28. The topological polar surface area (TPSA) is 70.6 Å². The standard InChI is InChI=1S/C14H20N2O3/c17-13-6-7-15-9-12(13)10-19-14(18)16-8-11-4-2-1-3-5-11/h1-5,12-13,15,17H,6-10H2,(H,16,18)/t12-,13-/m1/s1. The summed E-state index contributed by atoms with van der Waals surface area (Å²) < 4.78 is 5.12. The first kappa shape index (κ1) is 13.8. The van der Waals surface area contributed by atoms with E-state index < -0.39 is 6.09 Å². The van der Waals surface area contributed by atoms with E-state index in [1.807, 2.05) is 30.3 Å². The highest BCUT2D eigenvalue weighted by Gasteiger charge is 2.23. The van der Waals surface area contributed by atoms with E-state index in [0.29, 0.717) is 19.5 Å². The molecule has 2 atom stereocenters. The molecule has 1 aromatic rings. The van der Waals surface area contributed by atoms with Crippen LogP contribution in [0.1, 0.15) is 12.0 Å². The highest BCUT2D eigenvalue weighted by molar-refractivity contribution is 5.67. The molecule has 1 amide bonds. The van der Waals surface area contributed by atoms with Gasteiger partial charge in [0.05, 0.1) is 12.7 Å². The number of aliphatic hydroxyl groups excluding tert-OH is 1. The average Bonchev–Trinajstić information content (AvgIpc) is 2.45. The molecule has 0 radical (unpaired) electrons. The van der Waals surface area contributed by atoms with Gasteiger partial charge in [0.1, 0.15) is 0 Å². The van der Waals surface area contributed by atoms with Crippen molar-refractivity contribution in [3.63, 3.8) is 0 Å². The van der Waals surface area contributed by atoms with E-state index in [1.54, 1.807) is 0 Å². The van der Waals surface area contributed by atoms with E-state index in [-0.39, 0.29) is 18.6 Å². The van der Waals surface area contributed by atoms with Crippen LogP contribution in [0.15, 0.2) is 30.3 Å². The minimum Gasteiger partial charge on any atom is -0.449 e. The summed E-state index contributed by atoms with van der Waals surface area (Å²) in [7, 11) is 0. The van der Waals surface area contributed by atoms with Crippen molar-refractivity contribution >= 4 is 6.09 Å². The minimum absolute atomic E-state index is 0.0174. The van der Waals surface area contributed by atoms with Crippen molar-refractivity contribution < 1.29 is 14.6 Å². The molecule has 1 aliphatic rings. The van der Waals surface area contributed by atoms with Crippen LogP contribution in [0.25, 0.3) is 0 Å². The summed E-state index contributed by atoms with van der Waals surface area (Å²) >= 11 is 0. The van der Waals surface area contributed by atoms with E-state index in [1.165, 1.54) is 0 Å². The number of aliphatic hydroxyl groups is 1. The number of carbonyl (C=O) groups is 1. The Labute approximate surface area is 113 Å². The summed E-state index contributed by atoms with van der Waals surface area (Å²) in [6.45, 7) is 2.20. The second kappa shape index (κ2) is 7.11. The number of hydrogen-bond donors (Lipinski definition) is 3. The fraction of sp³-hybridized carbons (Fsp3) is 0.500. The minimum atomic E-state index is -0.443. The fourth-order valence-electron chi connectivity index (χ4n) is 2.08. The lowest BCUT2D eigenvalue weighted by atomic mass is 9.97. The highest BCUT2D eigenvalue weighted by Crippen LogP contribution is 2.11. The molecule has 5 heteroatoms. The number of alkyl carbamates (subject to hydrolysis) is 1. The summed E-state index contributed by atoms with van der Waals surface area (Å²) in [5.74, 6) is -0.0174. The zero-order valence-electron chi connectivity index (χ0n) is 10.8. The molecular formula is C14H20N2O3. The molecule has 2 rings (SSSR count). The molecular weight excluding hydrogens is 244 g/mol. The van der Waals surface area contributed by atoms with Crippen LogP contribution in [-0.4, -0.2) is 37.0 Å². The van der Waals surface area contributed by atoms with Gasteiger partial charge in [-0.25, -0.2) is 4.79 Å². The van der Waals surface area contributed by atoms with Gasteiger partial charge in [0.15, 0.2) is 0 Å². The average molecular weight is 264 g/mol. The van der Waals surface area contributed by atoms with E-state index in [9.17, 15) is 9.90 Å². The number of benzene rings is 1. The van der Waals surface area contributed by atoms with Crippen molar-refractivity contribution in [3.05, 3.63) is 35.9 Å². The lowest BCUT2D eigenvalue weighted by molar-refractivity contribution is 0.0345. The lowest BCUT2D eigenvalue weighted by Crippen LogP contribution is -2.43. The summed E-state index contributed by atoms with van der Waals surface area (Å²) in [6, 6.07) is 9.66. The summed E-state index contributed by atoms with van der Waals surface area (Å²) in [5, 5.41) is 15.6. The number of carbonyl (C=O) groups excluding carboxylic acids is 1. The van der Waals surface area contributed by atoms with Gasteiger partial charge >= 0.3 is 6.09 Å². The third kappa shape index (κ3) is 4.54. The summed E-state index contributed by atoms with van der Waals surface area (Å²) in [6.07, 6.45) is -0.121. The number of piperidine rings is 1. The Morgan fingerprint density at radius 2 is 2.21 bits per heavy atom. The summed E-state index contributed by atoms with van der Waals surface area (Å²) in [5.41, 5.74) is 1.03. The van der Waals surface area contributed by atoms with Gasteiger partial charge in [-0.15, -0.1) is 0 Å². The molecule has 1 aromatic carbocycles. The van der Waals surface area contributed by atoms with Gasteiger partial charge in [-0.05, 0) is 18.5 Å². The monoisotopic (exact) mass is 264 g/mol. The largest absolute Gasteiger partial charge is 0.449 e. The Kier molecular flexibility index (Phi) is 5.18. The summed E-state index contributed by atoms with van der Waals surface area (Å²) in [4.78, 5) is 11.5. The van der Waals surface area contributed by atoms with Crippen molar-refractivity contribution in [3.8, 4) is 0 Å². The molecule has 1 saturated heterocycles. The smallest absolute Gasteiger partial charge is 0.407 e. The number of ether oxygens (including phenoxy) is 1. The number of rotatable bonds is 4. The van der Waals surface area contributed by atoms with E-state index >= 15 is 0 Å².